The van der Waals surface area contributed by atoms with E-state index in [1.807, 2.05) is 63.4 Å². The first kappa shape index (κ1) is 16.2. The normalized spacial score (nSPS) is 23.3. The molecule has 122 valence electrons. The Morgan fingerprint density at radius 1 is 1.17 bits per heavy atom. The van der Waals surface area contributed by atoms with Gasteiger partial charge in [0.25, 0.3) is 5.91 Å². The first-order chi connectivity index (χ1) is 10.7. The molecule has 3 rings (SSSR count). The third-order valence-corrected chi connectivity index (χ3v) is 6.01. The third kappa shape index (κ3) is 2.70. The van der Waals surface area contributed by atoms with Gasteiger partial charge in [0.05, 0.1) is 17.7 Å². The molecule has 1 atom stereocenters. The van der Waals surface area contributed by atoms with Crippen molar-refractivity contribution in [1.82, 2.24) is 4.90 Å². The molecule has 0 saturated carbocycles. The van der Waals surface area contributed by atoms with Crippen LogP contribution in [0.3, 0.4) is 0 Å². The van der Waals surface area contributed by atoms with Crippen LogP contribution < -0.4 is 0 Å². The van der Waals surface area contributed by atoms with Crippen LogP contribution in [0.4, 0.5) is 0 Å². The third-order valence-electron chi connectivity index (χ3n) is 5.10. The minimum absolute atomic E-state index is 0.0130. The second kappa shape index (κ2) is 5.46. The smallest absolute Gasteiger partial charge is 0.255 e. The van der Waals surface area contributed by atoms with Crippen molar-refractivity contribution in [2.75, 3.05) is 13.1 Å². The summed E-state index contributed by atoms with van der Waals surface area (Å²) in [5, 5.41) is 12.5. The second-order valence-corrected chi connectivity index (χ2v) is 8.35. The van der Waals surface area contributed by atoms with E-state index < -0.39 is 5.60 Å². The lowest BCUT2D eigenvalue weighted by Gasteiger charge is -2.30. The molecule has 0 bridgehead atoms. The highest BCUT2D eigenvalue weighted by molar-refractivity contribution is 7.10. The maximum absolute atomic E-state index is 13.1. The predicted octanol–water partition coefficient (Wildman–Crippen LogP) is 3.96. The van der Waals surface area contributed by atoms with Gasteiger partial charge in [-0.05, 0) is 19.4 Å². The standard InChI is InChI=1S/C19H23NO2S/c1-13-16(14-8-6-5-7-9-14)15(10-23-13)17(21)20-11-18(2,3)19(4,22)12-20/h5-10,22H,11-12H2,1-4H3/t19-/m0/s1. The summed E-state index contributed by atoms with van der Waals surface area (Å²) in [5.74, 6) is 0.0130. The van der Waals surface area contributed by atoms with Gasteiger partial charge in [-0.3, -0.25) is 4.79 Å². The van der Waals surface area contributed by atoms with Crippen molar-refractivity contribution in [2.24, 2.45) is 5.41 Å². The van der Waals surface area contributed by atoms with Gasteiger partial charge < -0.3 is 10.0 Å². The van der Waals surface area contributed by atoms with Gasteiger partial charge in [-0.1, -0.05) is 44.2 Å². The minimum atomic E-state index is -0.860. The number of likely N-dealkylation sites (tertiary alicyclic amines) is 1. The first-order valence-corrected chi connectivity index (χ1v) is 8.76. The number of benzene rings is 1. The fraction of sp³-hybridized carbons (Fsp3) is 0.421. The van der Waals surface area contributed by atoms with E-state index in [4.69, 9.17) is 0 Å². The summed E-state index contributed by atoms with van der Waals surface area (Å²) < 4.78 is 0. The van der Waals surface area contributed by atoms with Gasteiger partial charge in [0.15, 0.2) is 0 Å². The number of aliphatic hydroxyl groups is 1. The molecule has 2 heterocycles. The molecule has 4 heteroatoms. The average molecular weight is 329 g/mol. The van der Waals surface area contributed by atoms with E-state index in [1.165, 1.54) is 0 Å². The molecule has 0 radical (unpaired) electrons. The minimum Gasteiger partial charge on any atom is -0.388 e. The molecule has 2 aromatic rings. The highest BCUT2D eigenvalue weighted by Crippen LogP contribution is 2.40. The van der Waals surface area contributed by atoms with E-state index in [0.717, 1.165) is 21.6 Å². The van der Waals surface area contributed by atoms with E-state index in [9.17, 15) is 9.90 Å². The number of aryl methyl sites for hydroxylation is 1. The summed E-state index contributed by atoms with van der Waals surface area (Å²) in [6, 6.07) is 10.0. The van der Waals surface area contributed by atoms with E-state index in [-0.39, 0.29) is 11.3 Å². The summed E-state index contributed by atoms with van der Waals surface area (Å²) in [4.78, 5) is 16.0. The Bertz CT molecular complexity index is 715. The van der Waals surface area contributed by atoms with Gasteiger partial charge in [-0.15, -0.1) is 11.3 Å². The Hall–Kier alpha value is -1.65. The van der Waals surface area contributed by atoms with Gasteiger partial charge in [-0.2, -0.15) is 0 Å². The van der Waals surface area contributed by atoms with Crippen molar-refractivity contribution in [3.8, 4) is 11.1 Å². The van der Waals surface area contributed by atoms with Crippen molar-refractivity contribution >= 4 is 17.2 Å². The van der Waals surface area contributed by atoms with Crippen LogP contribution in [-0.2, 0) is 0 Å². The van der Waals surface area contributed by atoms with E-state index in [0.29, 0.717) is 13.1 Å². The summed E-state index contributed by atoms with van der Waals surface area (Å²) >= 11 is 1.60. The molecule has 3 nitrogen and oxygen atoms in total. The highest BCUT2D eigenvalue weighted by atomic mass is 32.1. The number of hydrogen-bond acceptors (Lipinski definition) is 3. The zero-order chi connectivity index (χ0) is 16.8. The summed E-state index contributed by atoms with van der Waals surface area (Å²) in [7, 11) is 0. The van der Waals surface area contributed by atoms with Gasteiger partial charge in [0.1, 0.15) is 0 Å². The molecule has 1 aliphatic rings. The summed E-state index contributed by atoms with van der Waals surface area (Å²) in [6.45, 7) is 8.84. The molecular weight excluding hydrogens is 306 g/mol. The molecule has 1 saturated heterocycles. The summed E-state index contributed by atoms with van der Waals surface area (Å²) in [5.41, 5.74) is 1.67. The quantitative estimate of drug-likeness (QED) is 0.906. The number of rotatable bonds is 2. The van der Waals surface area contributed by atoms with Crippen LogP contribution in [0.1, 0.15) is 36.0 Å². The number of amides is 1. The Labute approximate surface area is 141 Å². The lowest BCUT2D eigenvalue weighted by molar-refractivity contribution is -0.0108. The Morgan fingerprint density at radius 2 is 1.83 bits per heavy atom. The van der Waals surface area contributed by atoms with Crippen LogP contribution in [0.25, 0.3) is 11.1 Å². The summed E-state index contributed by atoms with van der Waals surface area (Å²) in [6.07, 6.45) is 0. The highest BCUT2D eigenvalue weighted by Gasteiger charge is 2.49. The maximum Gasteiger partial charge on any atom is 0.255 e. The predicted molar refractivity (Wildman–Crippen MR) is 94.8 cm³/mol. The fourth-order valence-corrected chi connectivity index (χ4v) is 4.04. The van der Waals surface area contributed by atoms with E-state index in [1.54, 1.807) is 16.2 Å². The largest absolute Gasteiger partial charge is 0.388 e. The number of carbonyl (C=O) groups is 1. The molecule has 0 unspecified atom stereocenters. The number of β-amino-alcohol motifs (C(OH)–C–C–N with tert-alkyl or cyclic N) is 1. The lowest BCUT2D eigenvalue weighted by atomic mass is 9.79. The van der Waals surface area contributed by atoms with E-state index in [2.05, 4.69) is 0 Å². The van der Waals surface area contributed by atoms with Crippen molar-refractivity contribution in [3.63, 3.8) is 0 Å². The van der Waals surface area contributed by atoms with Crippen LogP contribution in [0.15, 0.2) is 35.7 Å². The van der Waals surface area contributed by atoms with Crippen LogP contribution in [0.2, 0.25) is 0 Å². The number of hydrogen-bond donors (Lipinski definition) is 1. The molecule has 0 spiro atoms. The lowest BCUT2D eigenvalue weighted by Crippen LogP contribution is -2.40. The Balaban J connectivity index is 1.97. The number of nitrogens with zero attached hydrogens (tertiary/aromatic N) is 1. The van der Waals surface area contributed by atoms with Gasteiger partial charge >= 0.3 is 0 Å². The molecule has 0 aliphatic carbocycles. The maximum atomic E-state index is 13.1. The molecule has 1 aliphatic heterocycles. The first-order valence-electron chi connectivity index (χ1n) is 7.88. The Morgan fingerprint density at radius 3 is 2.39 bits per heavy atom. The van der Waals surface area contributed by atoms with Crippen LogP contribution in [-0.4, -0.2) is 34.6 Å². The van der Waals surface area contributed by atoms with Crippen molar-refractivity contribution in [2.45, 2.75) is 33.3 Å². The zero-order valence-corrected chi connectivity index (χ0v) is 14.9. The number of carbonyl (C=O) groups excluding carboxylic acids is 1. The van der Waals surface area contributed by atoms with Crippen molar-refractivity contribution in [3.05, 3.63) is 46.2 Å². The second-order valence-electron chi connectivity index (χ2n) is 7.27. The van der Waals surface area contributed by atoms with Gasteiger partial charge in [0.2, 0.25) is 0 Å². The Kier molecular flexibility index (Phi) is 3.85. The van der Waals surface area contributed by atoms with Crippen LogP contribution >= 0.6 is 11.3 Å². The van der Waals surface area contributed by atoms with Gasteiger partial charge in [0, 0.05) is 27.8 Å². The number of thiophene rings is 1. The molecule has 1 aromatic heterocycles. The van der Waals surface area contributed by atoms with E-state index >= 15 is 0 Å². The molecule has 23 heavy (non-hydrogen) atoms. The molecule has 1 fully saturated rings. The average Bonchev–Trinajstić information content (AvgIpc) is 2.97. The van der Waals surface area contributed by atoms with Crippen LogP contribution in [0.5, 0.6) is 0 Å². The van der Waals surface area contributed by atoms with Crippen molar-refractivity contribution in [1.29, 1.82) is 0 Å². The monoisotopic (exact) mass is 329 g/mol. The SMILES string of the molecule is Cc1scc(C(=O)N2CC(C)(C)[C@@](C)(O)C2)c1-c1ccccc1. The zero-order valence-electron chi connectivity index (χ0n) is 14.1. The fourth-order valence-electron chi connectivity index (χ4n) is 3.18. The molecular formula is C19H23NO2S. The van der Waals surface area contributed by atoms with Crippen LogP contribution in [0, 0.1) is 12.3 Å². The molecule has 1 N–H and O–H groups in total. The van der Waals surface area contributed by atoms with Crippen molar-refractivity contribution < 1.29 is 9.90 Å². The molecule has 1 amide bonds. The molecule has 1 aromatic carbocycles. The van der Waals surface area contributed by atoms with Gasteiger partial charge in [-0.25, -0.2) is 0 Å². The topological polar surface area (TPSA) is 40.5 Å².